The summed E-state index contributed by atoms with van der Waals surface area (Å²) in [6.45, 7) is 0. The molecule has 2 aromatic rings. The lowest BCUT2D eigenvalue weighted by Crippen LogP contribution is -2.00. The Morgan fingerprint density at radius 2 is 2.06 bits per heavy atom. The molecule has 0 unspecified atom stereocenters. The van der Waals surface area contributed by atoms with Crippen molar-refractivity contribution in [3.05, 3.63) is 53.7 Å². The van der Waals surface area contributed by atoms with E-state index in [1.54, 1.807) is 0 Å². The Morgan fingerprint density at radius 1 is 1.31 bits per heavy atom. The van der Waals surface area contributed by atoms with Gasteiger partial charge in [0.1, 0.15) is 6.26 Å². The highest BCUT2D eigenvalue weighted by atomic mass is 16.4. The Labute approximate surface area is 92.6 Å². The molecular weight excluding hydrogens is 206 g/mol. The molecule has 0 aliphatic carbocycles. The van der Waals surface area contributed by atoms with Crippen LogP contribution in [-0.4, -0.2) is 16.1 Å². The molecule has 1 N–H and O–H groups in total. The number of aromatic nitrogens is 1. The van der Waals surface area contributed by atoms with Gasteiger partial charge in [0.25, 0.3) is 0 Å². The van der Waals surface area contributed by atoms with Crippen LogP contribution in [0.1, 0.15) is 17.1 Å². The second-order valence-electron chi connectivity index (χ2n) is 3.47. The third-order valence-electron chi connectivity index (χ3n) is 2.13. The summed E-state index contributed by atoms with van der Waals surface area (Å²) in [5, 5.41) is 8.58. The molecular formula is C12H11NO3. The summed E-state index contributed by atoms with van der Waals surface area (Å²) in [4.78, 5) is 14.6. The number of hydrogen-bond acceptors (Lipinski definition) is 3. The van der Waals surface area contributed by atoms with Gasteiger partial charge in [0.05, 0.1) is 12.1 Å². The van der Waals surface area contributed by atoms with Gasteiger partial charge in [-0.15, -0.1) is 0 Å². The van der Waals surface area contributed by atoms with Crippen LogP contribution >= 0.6 is 0 Å². The molecule has 1 aromatic heterocycles. The molecule has 0 spiro atoms. The maximum absolute atomic E-state index is 10.5. The van der Waals surface area contributed by atoms with Gasteiger partial charge in [-0.25, -0.2) is 4.98 Å². The normalized spacial score (nSPS) is 10.2. The molecule has 0 fully saturated rings. The number of oxazole rings is 1. The zero-order chi connectivity index (χ0) is 11.4. The van der Waals surface area contributed by atoms with E-state index in [0.717, 1.165) is 5.56 Å². The van der Waals surface area contributed by atoms with Crippen LogP contribution in [0.4, 0.5) is 0 Å². The van der Waals surface area contributed by atoms with Crippen molar-refractivity contribution in [3.8, 4) is 0 Å². The predicted octanol–water partition coefficient (Wildman–Crippen LogP) is 1.89. The van der Waals surface area contributed by atoms with Crippen molar-refractivity contribution in [2.45, 2.75) is 12.8 Å². The van der Waals surface area contributed by atoms with Crippen LogP contribution < -0.4 is 0 Å². The van der Waals surface area contributed by atoms with Crippen molar-refractivity contribution in [1.29, 1.82) is 0 Å². The van der Waals surface area contributed by atoms with Gasteiger partial charge >= 0.3 is 5.97 Å². The number of rotatable bonds is 4. The van der Waals surface area contributed by atoms with E-state index < -0.39 is 5.97 Å². The first-order valence-electron chi connectivity index (χ1n) is 4.93. The summed E-state index contributed by atoms with van der Waals surface area (Å²) in [6.07, 6.45) is 1.88. The Kier molecular flexibility index (Phi) is 3.00. The van der Waals surface area contributed by atoms with E-state index in [1.165, 1.54) is 6.26 Å². The van der Waals surface area contributed by atoms with Gasteiger partial charge < -0.3 is 9.52 Å². The highest BCUT2D eigenvalue weighted by molar-refractivity contribution is 5.69. The summed E-state index contributed by atoms with van der Waals surface area (Å²) in [5.41, 5.74) is 1.55. The van der Waals surface area contributed by atoms with Gasteiger partial charge in [-0.3, -0.25) is 4.79 Å². The maximum atomic E-state index is 10.5. The van der Waals surface area contributed by atoms with Crippen LogP contribution in [-0.2, 0) is 17.6 Å². The molecule has 0 atom stereocenters. The van der Waals surface area contributed by atoms with Crippen LogP contribution in [0.5, 0.6) is 0 Å². The van der Waals surface area contributed by atoms with Crippen LogP contribution in [0.15, 0.2) is 41.0 Å². The summed E-state index contributed by atoms with van der Waals surface area (Å²) < 4.78 is 5.20. The van der Waals surface area contributed by atoms with E-state index in [0.29, 0.717) is 18.0 Å². The van der Waals surface area contributed by atoms with E-state index in [9.17, 15) is 4.79 Å². The molecule has 0 saturated heterocycles. The lowest BCUT2D eigenvalue weighted by molar-refractivity contribution is -0.136. The first-order chi connectivity index (χ1) is 7.74. The number of nitrogens with zero attached hydrogens (tertiary/aromatic N) is 1. The second-order valence-corrected chi connectivity index (χ2v) is 3.47. The van der Waals surface area contributed by atoms with Crippen molar-refractivity contribution < 1.29 is 14.3 Å². The Bertz CT molecular complexity index is 476. The zero-order valence-corrected chi connectivity index (χ0v) is 8.59. The third kappa shape index (κ3) is 2.70. The fraction of sp³-hybridized carbons (Fsp3) is 0.167. The van der Waals surface area contributed by atoms with Gasteiger partial charge in [-0.05, 0) is 5.56 Å². The van der Waals surface area contributed by atoms with Crippen molar-refractivity contribution in [2.75, 3.05) is 0 Å². The molecule has 82 valence electrons. The number of carboxylic acids is 1. The molecule has 4 heteroatoms. The van der Waals surface area contributed by atoms with Gasteiger partial charge in [0.15, 0.2) is 5.89 Å². The Balaban J connectivity index is 2.06. The van der Waals surface area contributed by atoms with Crippen molar-refractivity contribution >= 4 is 5.97 Å². The average molecular weight is 217 g/mol. The highest BCUT2D eigenvalue weighted by Gasteiger charge is 2.07. The first kappa shape index (κ1) is 10.4. The second kappa shape index (κ2) is 4.61. The lowest BCUT2D eigenvalue weighted by Gasteiger charge is -1.95. The molecule has 1 aromatic carbocycles. The number of aliphatic carboxylic acids is 1. The highest BCUT2D eigenvalue weighted by Crippen LogP contribution is 2.09. The topological polar surface area (TPSA) is 63.3 Å². The van der Waals surface area contributed by atoms with Crippen molar-refractivity contribution in [3.63, 3.8) is 0 Å². The van der Waals surface area contributed by atoms with Crippen molar-refractivity contribution in [2.24, 2.45) is 0 Å². The summed E-state index contributed by atoms with van der Waals surface area (Å²) in [7, 11) is 0. The van der Waals surface area contributed by atoms with Gasteiger partial charge in [-0.1, -0.05) is 30.3 Å². The first-order valence-corrected chi connectivity index (χ1v) is 4.93. The molecule has 0 bridgehead atoms. The van der Waals surface area contributed by atoms with Crippen LogP contribution in [0.2, 0.25) is 0 Å². The van der Waals surface area contributed by atoms with Gasteiger partial charge in [0, 0.05) is 6.42 Å². The Hall–Kier alpha value is -2.10. The average Bonchev–Trinajstić information content (AvgIpc) is 2.66. The summed E-state index contributed by atoms with van der Waals surface area (Å²) in [6, 6.07) is 9.77. The molecule has 0 amide bonds. The van der Waals surface area contributed by atoms with Gasteiger partial charge in [0.2, 0.25) is 0 Å². The molecule has 0 saturated carbocycles. The third-order valence-corrected chi connectivity index (χ3v) is 2.13. The molecule has 2 rings (SSSR count). The molecule has 16 heavy (non-hydrogen) atoms. The minimum atomic E-state index is -0.903. The fourth-order valence-electron chi connectivity index (χ4n) is 1.44. The van der Waals surface area contributed by atoms with E-state index in [2.05, 4.69) is 4.98 Å². The van der Waals surface area contributed by atoms with E-state index >= 15 is 0 Å². The molecule has 0 radical (unpaired) electrons. The minimum Gasteiger partial charge on any atom is -0.481 e. The zero-order valence-electron chi connectivity index (χ0n) is 8.59. The van der Waals surface area contributed by atoms with Crippen LogP contribution in [0, 0.1) is 0 Å². The van der Waals surface area contributed by atoms with E-state index in [4.69, 9.17) is 9.52 Å². The molecule has 4 nitrogen and oxygen atoms in total. The largest absolute Gasteiger partial charge is 0.481 e. The summed E-state index contributed by atoms with van der Waals surface area (Å²) in [5.74, 6) is -0.359. The minimum absolute atomic E-state index is 0.0989. The SMILES string of the molecule is O=C(O)Cc1coc(Cc2ccccc2)n1. The molecule has 0 aliphatic rings. The van der Waals surface area contributed by atoms with Crippen molar-refractivity contribution in [1.82, 2.24) is 4.98 Å². The van der Waals surface area contributed by atoms with Crippen LogP contribution in [0.3, 0.4) is 0 Å². The smallest absolute Gasteiger partial charge is 0.309 e. The predicted molar refractivity (Wildman–Crippen MR) is 57.1 cm³/mol. The van der Waals surface area contributed by atoms with Crippen LogP contribution in [0.25, 0.3) is 0 Å². The fourth-order valence-corrected chi connectivity index (χ4v) is 1.44. The summed E-state index contributed by atoms with van der Waals surface area (Å²) >= 11 is 0. The molecule has 0 aliphatic heterocycles. The number of hydrogen-bond donors (Lipinski definition) is 1. The molecule has 1 heterocycles. The lowest BCUT2D eigenvalue weighted by atomic mass is 10.1. The number of carboxylic acid groups (broad SMARTS) is 1. The number of benzene rings is 1. The van der Waals surface area contributed by atoms with Gasteiger partial charge in [-0.2, -0.15) is 0 Å². The van der Waals surface area contributed by atoms with E-state index in [-0.39, 0.29) is 6.42 Å². The number of carbonyl (C=O) groups is 1. The monoisotopic (exact) mass is 217 g/mol. The van der Waals surface area contributed by atoms with E-state index in [1.807, 2.05) is 30.3 Å². The maximum Gasteiger partial charge on any atom is 0.309 e. The quantitative estimate of drug-likeness (QED) is 0.849. The Morgan fingerprint density at radius 3 is 2.75 bits per heavy atom. The standard InChI is InChI=1S/C12H11NO3/c14-12(15)7-10-8-16-11(13-10)6-9-4-2-1-3-5-9/h1-5,8H,6-7H2,(H,14,15).